The molecule has 0 saturated heterocycles. The molecule has 2 aromatic carbocycles. The summed E-state index contributed by atoms with van der Waals surface area (Å²) in [5.41, 5.74) is 2.39. The summed E-state index contributed by atoms with van der Waals surface area (Å²) in [5, 5.41) is 12.1. The van der Waals surface area contributed by atoms with Crippen LogP contribution in [0.2, 0.25) is 0 Å². The molecule has 0 aliphatic heterocycles. The lowest BCUT2D eigenvalue weighted by Gasteiger charge is -2.18. The molecule has 0 radical (unpaired) electrons. The molecular formula is C20H23NO3S. The molecule has 0 aliphatic carbocycles. The van der Waals surface area contributed by atoms with E-state index < -0.39 is 5.97 Å². The Bertz CT molecular complexity index is 794. The number of benzene rings is 2. The standard InChI is InChI=1S/C20H23NO3S/c1-13-11-15(25-20(2,3)4)9-10-17(13)21-18(22)12-14-7-5-6-8-16(14)19(23)24/h5-11H,12H2,1-4H3,(H,21,22)(H,23,24). The van der Waals surface area contributed by atoms with Gasteiger partial charge < -0.3 is 10.4 Å². The minimum atomic E-state index is -1.02. The fourth-order valence-electron chi connectivity index (χ4n) is 2.44. The highest BCUT2D eigenvalue weighted by atomic mass is 32.2. The zero-order valence-corrected chi connectivity index (χ0v) is 15.7. The zero-order chi connectivity index (χ0) is 18.6. The second-order valence-corrected chi connectivity index (χ2v) is 8.78. The number of carboxylic acid groups (broad SMARTS) is 1. The number of hydrogen-bond donors (Lipinski definition) is 2. The molecule has 2 rings (SSSR count). The van der Waals surface area contributed by atoms with Gasteiger partial charge >= 0.3 is 5.97 Å². The molecule has 0 unspecified atom stereocenters. The second-order valence-electron chi connectivity index (χ2n) is 6.88. The number of nitrogens with one attached hydrogen (secondary N) is 1. The Labute approximate surface area is 152 Å². The van der Waals surface area contributed by atoms with Crippen LogP contribution in [0, 0.1) is 6.92 Å². The smallest absolute Gasteiger partial charge is 0.335 e. The highest BCUT2D eigenvalue weighted by molar-refractivity contribution is 8.00. The lowest BCUT2D eigenvalue weighted by Crippen LogP contribution is -2.17. The van der Waals surface area contributed by atoms with Crippen molar-refractivity contribution in [1.82, 2.24) is 0 Å². The number of rotatable bonds is 5. The Hall–Kier alpha value is -2.27. The average Bonchev–Trinajstić information content (AvgIpc) is 2.49. The lowest BCUT2D eigenvalue weighted by molar-refractivity contribution is -0.115. The first-order chi connectivity index (χ1) is 11.7. The van der Waals surface area contributed by atoms with Gasteiger partial charge in [0.25, 0.3) is 0 Å². The van der Waals surface area contributed by atoms with E-state index in [9.17, 15) is 14.7 Å². The second kappa shape index (κ2) is 7.74. The van der Waals surface area contributed by atoms with Gasteiger partial charge in [0.1, 0.15) is 0 Å². The summed E-state index contributed by atoms with van der Waals surface area (Å²) in [4.78, 5) is 24.7. The van der Waals surface area contributed by atoms with Gasteiger partial charge in [0.15, 0.2) is 0 Å². The molecule has 2 N–H and O–H groups in total. The average molecular weight is 357 g/mol. The quantitative estimate of drug-likeness (QED) is 0.757. The predicted molar refractivity (Wildman–Crippen MR) is 103 cm³/mol. The summed E-state index contributed by atoms with van der Waals surface area (Å²) in [6.45, 7) is 8.42. The van der Waals surface area contributed by atoms with Gasteiger partial charge in [-0.1, -0.05) is 39.0 Å². The van der Waals surface area contributed by atoms with E-state index in [-0.39, 0.29) is 22.6 Å². The van der Waals surface area contributed by atoms with Crippen LogP contribution in [0.1, 0.15) is 42.3 Å². The van der Waals surface area contributed by atoms with Crippen LogP contribution in [0.25, 0.3) is 0 Å². The maximum atomic E-state index is 12.3. The van der Waals surface area contributed by atoms with Crippen LogP contribution in [0.4, 0.5) is 5.69 Å². The number of aromatic carboxylic acids is 1. The van der Waals surface area contributed by atoms with Gasteiger partial charge in [-0.05, 0) is 42.3 Å². The van der Waals surface area contributed by atoms with E-state index in [1.807, 2.05) is 19.1 Å². The van der Waals surface area contributed by atoms with Crippen LogP contribution < -0.4 is 5.32 Å². The number of carbonyl (C=O) groups excluding carboxylic acids is 1. The molecule has 2 aromatic rings. The molecule has 0 fully saturated rings. The minimum Gasteiger partial charge on any atom is -0.478 e. The Balaban J connectivity index is 2.10. The predicted octanol–water partition coefficient (Wildman–Crippen LogP) is 4.77. The van der Waals surface area contributed by atoms with Crippen LogP contribution in [-0.4, -0.2) is 21.7 Å². The molecule has 132 valence electrons. The Morgan fingerprint density at radius 3 is 2.40 bits per heavy atom. The Kier molecular flexibility index (Phi) is 5.90. The summed E-state index contributed by atoms with van der Waals surface area (Å²) >= 11 is 1.77. The van der Waals surface area contributed by atoms with E-state index in [0.29, 0.717) is 5.56 Å². The monoisotopic (exact) mass is 357 g/mol. The van der Waals surface area contributed by atoms with Gasteiger partial charge in [0.2, 0.25) is 5.91 Å². The normalized spacial score (nSPS) is 11.2. The topological polar surface area (TPSA) is 66.4 Å². The lowest BCUT2D eigenvalue weighted by atomic mass is 10.0. The fraction of sp³-hybridized carbons (Fsp3) is 0.300. The van der Waals surface area contributed by atoms with Crippen LogP contribution >= 0.6 is 11.8 Å². The molecule has 0 aliphatic rings. The van der Waals surface area contributed by atoms with E-state index >= 15 is 0 Å². The van der Waals surface area contributed by atoms with Crippen LogP contribution in [0.5, 0.6) is 0 Å². The van der Waals surface area contributed by atoms with Gasteiger partial charge in [0.05, 0.1) is 12.0 Å². The van der Waals surface area contributed by atoms with Crippen molar-refractivity contribution in [3.8, 4) is 0 Å². The highest BCUT2D eigenvalue weighted by Crippen LogP contribution is 2.33. The number of anilines is 1. The van der Waals surface area contributed by atoms with Gasteiger partial charge in [-0.3, -0.25) is 4.79 Å². The SMILES string of the molecule is Cc1cc(SC(C)(C)C)ccc1NC(=O)Cc1ccccc1C(=O)O. The number of aryl methyl sites for hydroxylation is 1. The molecule has 0 heterocycles. The van der Waals surface area contributed by atoms with Crippen molar-refractivity contribution in [2.75, 3.05) is 5.32 Å². The van der Waals surface area contributed by atoms with E-state index in [2.05, 4.69) is 32.2 Å². The van der Waals surface area contributed by atoms with Gasteiger partial charge in [-0.2, -0.15) is 0 Å². The number of hydrogen-bond acceptors (Lipinski definition) is 3. The molecule has 25 heavy (non-hydrogen) atoms. The van der Waals surface area contributed by atoms with Crippen LogP contribution in [0.15, 0.2) is 47.4 Å². The maximum Gasteiger partial charge on any atom is 0.335 e. The molecule has 0 aromatic heterocycles. The molecule has 0 atom stereocenters. The van der Waals surface area contributed by atoms with E-state index in [0.717, 1.165) is 16.1 Å². The molecular weight excluding hydrogens is 334 g/mol. The molecule has 0 spiro atoms. The van der Waals surface area contributed by atoms with Crippen LogP contribution in [-0.2, 0) is 11.2 Å². The number of carbonyl (C=O) groups is 2. The fourth-order valence-corrected chi connectivity index (χ4v) is 3.52. The zero-order valence-electron chi connectivity index (χ0n) is 14.9. The Morgan fingerprint density at radius 1 is 1.12 bits per heavy atom. The maximum absolute atomic E-state index is 12.3. The van der Waals surface area contributed by atoms with Gasteiger partial charge in [-0.15, -0.1) is 11.8 Å². The van der Waals surface area contributed by atoms with Crippen molar-refractivity contribution < 1.29 is 14.7 Å². The van der Waals surface area contributed by atoms with Crippen molar-refractivity contribution in [3.63, 3.8) is 0 Å². The van der Waals surface area contributed by atoms with Crippen LogP contribution in [0.3, 0.4) is 0 Å². The molecule has 1 amide bonds. The molecule has 5 heteroatoms. The molecule has 4 nitrogen and oxygen atoms in total. The van der Waals surface area contributed by atoms with E-state index in [1.54, 1.807) is 30.0 Å². The Morgan fingerprint density at radius 2 is 1.80 bits per heavy atom. The number of carboxylic acids is 1. The molecule has 0 bridgehead atoms. The number of thioether (sulfide) groups is 1. The first-order valence-electron chi connectivity index (χ1n) is 8.06. The minimum absolute atomic E-state index is 0.0282. The van der Waals surface area contributed by atoms with Crippen molar-refractivity contribution in [2.45, 2.75) is 43.8 Å². The third-order valence-electron chi connectivity index (χ3n) is 3.49. The number of amides is 1. The van der Waals surface area contributed by atoms with Crippen molar-refractivity contribution in [1.29, 1.82) is 0 Å². The van der Waals surface area contributed by atoms with E-state index in [4.69, 9.17) is 0 Å². The molecule has 0 saturated carbocycles. The summed E-state index contributed by atoms with van der Waals surface area (Å²) in [7, 11) is 0. The van der Waals surface area contributed by atoms with E-state index in [1.165, 1.54) is 6.07 Å². The summed E-state index contributed by atoms with van der Waals surface area (Å²) in [6, 6.07) is 12.5. The third-order valence-corrected chi connectivity index (χ3v) is 4.60. The first-order valence-corrected chi connectivity index (χ1v) is 8.88. The first kappa shape index (κ1) is 19.1. The summed E-state index contributed by atoms with van der Waals surface area (Å²) < 4.78 is 0.123. The van der Waals surface area contributed by atoms with Crippen molar-refractivity contribution >= 4 is 29.3 Å². The van der Waals surface area contributed by atoms with Gasteiger partial charge in [0, 0.05) is 15.3 Å². The third kappa shape index (κ3) is 5.64. The summed E-state index contributed by atoms with van der Waals surface area (Å²) in [5.74, 6) is -1.25. The summed E-state index contributed by atoms with van der Waals surface area (Å²) in [6.07, 6.45) is 0.0282. The van der Waals surface area contributed by atoms with Gasteiger partial charge in [-0.25, -0.2) is 4.79 Å². The van der Waals surface area contributed by atoms with Crippen molar-refractivity contribution in [2.24, 2.45) is 0 Å². The largest absolute Gasteiger partial charge is 0.478 e. The highest BCUT2D eigenvalue weighted by Gasteiger charge is 2.15. The van der Waals surface area contributed by atoms with Crippen molar-refractivity contribution in [3.05, 3.63) is 59.2 Å².